The van der Waals surface area contributed by atoms with Crippen LogP contribution in [0.4, 0.5) is 0 Å². The van der Waals surface area contributed by atoms with Gasteiger partial charge >= 0.3 is 0 Å². The molecule has 0 amide bonds. The van der Waals surface area contributed by atoms with Crippen LogP contribution in [0.2, 0.25) is 0 Å². The highest BCUT2D eigenvalue weighted by Crippen LogP contribution is 2.41. The molecule has 0 spiro atoms. The summed E-state index contributed by atoms with van der Waals surface area (Å²) in [6.45, 7) is 7.28. The molecule has 1 heterocycles. The number of rotatable bonds is 4. The van der Waals surface area contributed by atoms with E-state index < -0.39 is 0 Å². The van der Waals surface area contributed by atoms with Gasteiger partial charge in [-0.1, -0.05) is 31.2 Å². The Kier molecular flexibility index (Phi) is 4.16. The zero-order valence-corrected chi connectivity index (χ0v) is 13.3. The lowest BCUT2D eigenvalue weighted by Gasteiger charge is -2.33. The van der Waals surface area contributed by atoms with Gasteiger partial charge in [0.25, 0.3) is 0 Å². The molecule has 2 unspecified atom stereocenters. The molecule has 0 saturated carbocycles. The first kappa shape index (κ1) is 14.4. The maximum Gasteiger partial charge on any atom is 0.105 e. The summed E-state index contributed by atoms with van der Waals surface area (Å²) in [6, 6.07) is 11.5. The Morgan fingerprint density at radius 2 is 2.10 bits per heavy atom. The van der Waals surface area contributed by atoms with Crippen LogP contribution in [-0.4, -0.2) is 6.54 Å². The lowest BCUT2D eigenvalue weighted by atomic mass is 9.76. The van der Waals surface area contributed by atoms with Crippen LogP contribution in [0.25, 0.3) is 0 Å². The normalized spacial score (nSPS) is 19.3. The molecule has 0 bridgehead atoms. The van der Waals surface area contributed by atoms with Gasteiger partial charge in [-0.25, -0.2) is 0 Å². The minimum Gasteiger partial charge on any atom is -0.466 e. The van der Waals surface area contributed by atoms with Crippen molar-refractivity contribution in [2.75, 3.05) is 6.54 Å². The van der Waals surface area contributed by atoms with Crippen molar-refractivity contribution in [3.05, 3.63) is 58.5 Å². The van der Waals surface area contributed by atoms with Crippen LogP contribution in [0.1, 0.15) is 59.9 Å². The Labute approximate surface area is 127 Å². The molecule has 1 aliphatic carbocycles. The Morgan fingerprint density at radius 1 is 1.29 bits per heavy atom. The first-order chi connectivity index (χ1) is 10.2. The average Bonchev–Trinajstić information content (AvgIpc) is 2.83. The quantitative estimate of drug-likeness (QED) is 0.882. The molecule has 0 radical (unpaired) electrons. The van der Waals surface area contributed by atoms with Crippen molar-refractivity contribution in [2.45, 2.75) is 52.0 Å². The van der Waals surface area contributed by atoms with Crippen LogP contribution >= 0.6 is 0 Å². The van der Waals surface area contributed by atoms with E-state index in [-0.39, 0.29) is 0 Å². The molecule has 1 aromatic heterocycles. The highest BCUT2D eigenvalue weighted by molar-refractivity contribution is 5.37. The Balaban J connectivity index is 2.01. The van der Waals surface area contributed by atoms with E-state index in [0.29, 0.717) is 12.0 Å². The van der Waals surface area contributed by atoms with E-state index in [2.05, 4.69) is 49.5 Å². The summed E-state index contributed by atoms with van der Waals surface area (Å²) in [5.74, 6) is 2.61. The highest BCUT2D eigenvalue weighted by Gasteiger charge is 2.30. The Hall–Kier alpha value is -1.54. The van der Waals surface area contributed by atoms with E-state index in [4.69, 9.17) is 4.42 Å². The molecule has 2 nitrogen and oxygen atoms in total. The standard InChI is InChI=1S/C19H25NO/c1-4-20-19(18-12-13(2)21-14(18)3)17-11-7-9-15-8-5-6-10-16(15)17/h5-6,8,10,12,17,19-20H,4,7,9,11H2,1-3H3. The largest absolute Gasteiger partial charge is 0.466 e. The highest BCUT2D eigenvalue weighted by atomic mass is 16.3. The van der Waals surface area contributed by atoms with Crippen molar-refractivity contribution in [1.29, 1.82) is 0 Å². The predicted molar refractivity (Wildman–Crippen MR) is 86.7 cm³/mol. The Bertz CT molecular complexity index is 614. The van der Waals surface area contributed by atoms with Crippen molar-refractivity contribution < 1.29 is 4.42 Å². The van der Waals surface area contributed by atoms with Crippen LogP contribution in [0.15, 0.2) is 34.7 Å². The molecule has 0 saturated heterocycles. The van der Waals surface area contributed by atoms with E-state index in [1.807, 2.05) is 6.92 Å². The topological polar surface area (TPSA) is 25.2 Å². The van der Waals surface area contributed by atoms with Crippen LogP contribution in [-0.2, 0) is 6.42 Å². The molecular formula is C19H25NO. The first-order valence-corrected chi connectivity index (χ1v) is 8.08. The van der Waals surface area contributed by atoms with E-state index >= 15 is 0 Å². The number of fused-ring (bicyclic) bond motifs is 1. The lowest BCUT2D eigenvalue weighted by molar-refractivity contribution is 0.400. The SMILES string of the molecule is CCNC(c1cc(C)oc1C)C1CCCc2ccccc21. The van der Waals surface area contributed by atoms with Crippen molar-refractivity contribution in [3.8, 4) is 0 Å². The summed E-state index contributed by atoms with van der Waals surface area (Å²) in [5, 5.41) is 3.70. The minimum absolute atomic E-state index is 0.355. The second-order valence-corrected chi connectivity index (χ2v) is 6.10. The van der Waals surface area contributed by atoms with Gasteiger partial charge in [-0.3, -0.25) is 0 Å². The fourth-order valence-corrected chi connectivity index (χ4v) is 3.79. The van der Waals surface area contributed by atoms with Gasteiger partial charge in [0.05, 0.1) is 0 Å². The molecular weight excluding hydrogens is 258 g/mol. The predicted octanol–water partition coefficient (Wildman–Crippen LogP) is 4.67. The van der Waals surface area contributed by atoms with Crippen molar-refractivity contribution in [2.24, 2.45) is 0 Å². The number of hydrogen-bond donors (Lipinski definition) is 1. The summed E-state index contributed by atoms with van der Waals surface area (Å²) in [5.41, 5.74) is 4.37. The fraction of sp³-hybridized carbons (Fsp3) is 0.474. The smallest absolute Gasteiger partial charge is 0.105 e. The third-order valence-electron chi connectivity index (χ3n) is 4.66. The zero-order chi connectivity index (χ0) is 14.8. The molecule has 112 valence electrons. The van der Waals surface area contributed by atoms with Gasteiger partial charge in [-0.15, -0.1) is 0 Å². The van der Waals surface area contributed by atoms with Gasteiger partial charge in [0.2, 0.25) is 0 Å². The van der Waals surface area contributed by atoms with E-state index in [1.54, 1.807) is 0 Å². The van der Waals surface area contributed by atoms with Crippen molar-refractivity contribution in [3.63, 3.8) is 0 Å². The molecule has 0 fully saturated rings. The van der Waals surface area contributed by atoms with E-state index in [9.17, 15) is 0 Å². The van der Waals surface area contributed by atoms with Gasteiger partial charge in [-0.05, 0) is 56.8 Å². The molecule has 1 aliphatic rings. The first-order valence-electron chi connectivity index (χ1n) is 8.08. The van der Waals surface area contributed by atoms with Gasteiger partial charge in [0, 0.05) is 17.5 Å². The van der Waals surface area contributed by atoms with Crippen LogP contribution < -0.4 is 5.32 Å². The second-order valence-electron chi connectivity index (χ2n) is 6.10. The molecule has 1 N–H and O–H groups in total. The monoisotopic (exact) mass is 283 g/mol. The number of furan rings is 1. The molecule has 2 aromatic rings. The lowest BCUT2D eigenvalue weighted by Crippen LogP contribution is -2.29. The Morgan fingerprint density at radius 3 is 2.81 bits per heavy atom. The molecule has 0 aliphatic heterocycles. The fourth-order valence-electron chi connectivity index (χ4n) is 3.79. The van der Waals surface area contributed by atoms with Crippen molar-refractivity contribution in [1.82, 2.24) is 5.32 Å². The van der Waals surface area contributed by atoms with Crippen LogP contribution in [0.3, 0.4) is 0 Å². The van der Waals surface area contributed by atoms with Gasteiger partial charge in [0.15, 0.2) is 0 Å². The summed E-state index contributed by atoms with van der Waals surface area (Å²) >= 11 is 0. The summed E-state index contributed by atoms with van der Waals surface area (Å²) < 4.78 is 5.78. The third kappa shape index (κ3) is 2.77. The number of nitrogens with one attached hydrogen (secondary N) is 1. The molecule has 3 rings (SSSR count). The zero-order valence-electron chi connectivity index (χ0n) is 13.3. The molecule has 2 atom stereocenters. The number of benzene rings is 1. The van der Waals surface area contributed by atoms with Crippen LogP contribution in [0, 0.1) is 13.8 Å². The van der Waals surface area contributed by atoms with Gasteiger partial charge in [0.1, 0.15) is 11.5 Å². The molecule has 21 heavy (non-hydrogen) atoms. The van der Waals surface area contributed by atoms with E-state index in [0.717, 1.165) is 18.1 Å². The summed E-state index contributed by atoms with van der Waals surface area (Å²) in [7, 11) is 0. The minimum atomic E-state index is 0.355. The van der Waals surface area contributed by atoms with E-state index in [1.165, 1.54) is 36.0 Å². The second kappa shape index (κ2) is 6.07. The molecule has 2 heteroatoms. The van der Waals surface area contributed by atoms with Crippen molar-refractivity contribution >= 4 is 0 Å². The third-order valence-corrected chi connectivity index (χ3v) is 4.66. The van der Waals surface area contributed by atoms with Gasteiger partial charge < -0.3 is 9.73 Å². The summed E-state index contributed by atoms with van der Waals surface area (Å²) in [6.07, 6.45) is 3.74. The maximum atomic E-state index is 5.78. The number of aryl methyl sites for hydroxylation is 3. The average molecular weight is 283 g/mol. The van der Waals surface area contributed by atoms with Crippen LogP contribution in [0.5, 0.6) is 0 Å². The number of likely N-dealkylation sites (N-methyl/N-ethyl adjacent to an activating group) is 1. The van der Waals surface area contributed by atoms with Gasteiger partial charge in [-0.2, -0.15) is 0 Å². The maximum absolute atomic E-state index is 5.78. The summed E-state index contributed by atoms with van der Waals surface area (Å²) in [4.78, 5) is 0. The number of hydrogen-bond acceptors (Lipinski definition) is 2. The molecule has 1 aromatic carbocycles.